The van der Waals surface area contributed by atoms with Gasteiger partial charge in [0.15, 0.2) is 5.75 Å². The van der Waals surface area contributed by atoms with E-state index in [4.69, 9.17) is 5.14 Å². The molecule has 0 radical (unpaired) electrons. The molecule has 4 rings (SSSR count). The topological polar surface area (TPSA) is 140 Å². The van der Waals surface area contributed by atoms with Gasteiger partial charge in [-0.3, -0.25) is 10.2 Å². The van der Waals surface area contributed by atoms with E-state index < -0.39 is 43.6 Å². The number of rotatable bonds is 3. The van der Waals surface area contributed by atoms with Crippen molar-refractivity contribution in [3.05, 3.63) is 53.6 Å². The van der Waals surface area contributed by atoms with Crippen LogP contribution in [-0.4, -0.2) is 31.5 Å². The number of nitrogens with two attached hydrogens (primary N) is 1. The van der Waals surface area contributed by atoms with Crippen LogP contribution in [0.1, 0.15) is 11.1 Å². The second-order valence-electron chi connectivity index (χ2n) is 6.41. The maximum absolute atomic E-state index is 12.7. The van der Waals surface area contributed by atoms with Crippen molar-refractivity contribution in [2.45, 2.75) is 15.9 Å². The van der Waals surface area contributed by atoms with Crippen molar-refractivity contribution in [3.63, 3.8) is 0 Å². The maximum atomic E-state index is 12.7. The number of hydrogen-bond donors (Lipinski definition) is 3. The quantitative estimate of drug-likeness (QED) is 0.455. The van der Waals surface area contributed by atoms with Gasteiger partial charge in [-0.05, 0) is 6.07 Å². The van der Waals surface area contributed by atoms with Crippen molar-refractivity contribution in [1.29, 1.82) is 0 Å². The van der Waals surface area contributed by atoms with Gasteiger partial charge in [-0.1, -0.05) is 42.1 Å². The van der Waals surface area contributed by atoms with Crippen LogP contribution in [0.3, 0.4) is 0 Å². The fourth-order valence-electron chi connectivity index (χ4n) is 2.98. The minimum Gasteiger partial charge on any atom is -0.418 e. The van der Waals surface area contributed by atoms with Gasteiger partial charge in [-0.2, -0.15) is 18.3 Å². The number of carbonyl (C=O) groups is 2. The van der Waals surface area contributed by atoms with E-state index in [1.54, 1.807) is 30.3 Å². The third-order valence-corrected chi connectivity index (χ3v) is 6.61. The van der Waals surface area contributed by atoms with Crippen molar-refractivity contribution in [1.82, 2.24) is 5.43 Å². The first-order valence-corrected chi connectivity index (χ1v) is 10.7. The summed E-state index contributed by atoms with van der Waals surface area (Å²) in [6, 6.07) is 10.5. The highest BCUT2D eigenvalue weighted by Gasteiger charge is 2.53. The number of thioether (sulfide) groups is 1. The number of sulfonamides is 1. The third kappa shape index (κ3) is 3.62. The lowest BCUT2D eigenvalue weighted by Crippen LogP contribution is -2.39. The van der Waals surface area contributed by atoms with E-state index in [9.17, 15) is 31.2 Å². The average molecular weight is 472 g/mol. The van der Waals surface area contributed by atoms with Crippen LogP contribution in [0.25, 0.3) is 0 Å². The smallest absolute Gasteiger partial charge is 0.418 e. The first-order valence-electron chi connectivity index (χ1n) is 8.33. The number of nitrogens with zero attached hydrogens (tertiary/aromatic N) is 1. The van der Waals surface area contributed by atoms with E-state index in [1.165, 1.54) is 0 Å². The number of hydrazone groups is 1. The Kier molecular flexibility index (Phi) is 4.75. The van der Waals surface area contributed by atoms with E-state index in [2.05, 4.69) is 20.6 Å². The van der Waals surface area contributed by atoms with E-state index in [0.29, 0.717) is 10.6 Å². The Bertz CT molecular complexity index is 1250. The molecule has 2 aromatic rings. The van der Waals surface area contributed by atoms with Gasteiger partial charge in [0, 0.05) is 17.2 Å². The summed E-state index contributed by atoms with van der Waals surface area (Å²) in [6.07, 6.45) is -5.37. The van der Waals surface area contributed by atoms with Crippen molar-refractivity contribution in [2.24, 2.45) is 10.2 Å². The monoisotopic (exact) mass is 472 g/mol. The van der Waals surface area contributed by atoms with E-state index in [1.807, 2.05) is 0 Å². The minimum absolute atomic E-state index is 0.0491. The van der Waals surface area contributed by atoms with Crippen molar-refractivity contribution in [2.75, 3.05) is 5.32 Å². The molecule has 0 aliphatic carbocycles. The Morgan fingerprint density at radius 1 is 1.19 bits per heavy atom. The highest BCUT2D eigenvalue weighted by molar-refractivity contribution is 8.16. The number of ether oxygens (including phenoxy) is 1. The Morgan fingerprint density at radius 2 is 1.87 bits per heavy atom. The van der Waals surface area contributed by atoms with E-state index >= 15 is 0 Å². The molecule has 14 heteroatoms. The molecule has 0 aromatic heterocycles. The van der Waals surface area contributed by atoms with Gasteiger partial charge in [0.25, 0.3) is 5.91 Å². The maximum Gasteiger partial charge on any atom is 0.491 e. The summed E-state index contributed by atoms with van der Waals surface area (Å²) in [5.41, 5.74) is 3.33. The lowest BCUT2D eigenvalue weighted by molar-refractivity contribution is -0.189. The number of primary sulfonamides is 1. The zero-order valence-electron chi connectivity index (χ0n) is 15.1. The minimum atomic E-state index is -5.37. The van der Waals surface area contributed by atoms with Crippen LogP contribution in [0.15, 0.2) is 52.5 Å². The molecule has 0 fully saturated rings. The third-order valence-electron chi connectivity index (χ3n) is 4.36. The standard InChI is InChI=1S/C17H11F3N4O5S2/c18-17(19,20)15(26)29-11-7-10-9(6-12(11)31(21,27)28)16(14(25)22-10)24-23-13(30-16)8-4-2-1-3-5-8/h1-7,24H,(H,22,25)(H2,21,27,28). The fraction of sp³-hybridized carbons (Fsp3) is 0.118. The molecule has 2 aliphatic heterocycles. The molecule has 1 atom stereocenters. The lowest BCUT2D eigenvalue weighted by Gasteiger charge is -2.21. The van der Waals surface area contributed by atoms with Gasteiger partial charge in [0.05, 0.1) is 5.69 Å². The Hall–Kier alpha value is -3.10. The van der Waals surface area contributed by atoms with Crippen LogP contribution >= 0.6 is 11.8 Å². The predicted octanol–water partition coefficient (Wildman–Crippen LogP) is 1.60. The number of anilines is 1. The summed E-state index contributed by atoms with van der Waals surface area (Å²) in [5, 5.41) is 12.1. The molecule has 31 heavy (non-hydrogen) atoms. The van der Waals surface area contributed by atoms with E-state index in [-0.39, 0.29) is 11.3 Å². The molecule has 162 valence electrons. The predicted molar refractivity (Wildman–Crippen MR) is 104 cm³/mol. The van der Waals surface area contributed by atoms with Crippen LogP contribution in [0.4, 0.5) is 18.9 Å². The summed E-state index contributed by atoms with van der Waals surface area (Å²) >= 11 is 0.971. The second kappa shape index (κ2) is 6.96. The number of nitrogens with one attached hydrogen (secondary N) is 2. The fourth-order valence-corrected chi connectivity index (χ4v) is 4.80. The number of esters is 1. The SMILES string of the molecule is NS(=O)(=O)c1cc2c(cc1OC(=O)C(F)(F)F)NC(=O)C21NN=C(c2ccccc2)S1. The summed E-state index contributed by atoms with van der Waals surface area (Å²) in [4.78, 5) is 21.5. The Morgan fingerprint density at radius 3 is 2.48 bits per heavy atom. The molecule has 4 N–H and O–H groups in total. The summed E-state index contributed by atoms with van der Waals surface area (Å²) in [7, 11) is -4.63. The molecule has 1 spiro atoms. The van der Waals surface area contributed by atoms with Gasteiger partial charge in [-0.15, -0.1) is 0 Å². The van der Waals surface area contributed by atoms with Crippen LogP contribution < -0.4 is 20.6 Å². The molecular weight excluding hydrogens is 461 g/mol. The average Bonchev–Trinajstić information content (AvgIpc) is 3.23. The highest BCUT2D eigenvalue weighted by atomic mass is 32.2. The number of alkyl halides is 3. The number of halogens is 3. The van der Waals surface area contributed by atoms with Crippen LogP contribution in [0, 0.1) is 0 Å². The molecule has 0 saturated heterocycles. The molecule has 0 bridgehead atoms. The number of carbonyl (C=O) groups excluding carboxylic acids is 2. The van der Waals surface area contributed by atoms with Gasteiger partial charge in [0.1, 0.15) is 9.94 Å². The number of fused-ring (bicyclic) bond motifs is 2. The normalized spacial score (nSPS) is 20.1. The molecule has 2 aliphatic rings. The van der Waals surface area contributed by atoms with Gasteiger partial charge in [-0.25, -0.2) is 18.4 Å². The molecule has 9 nitrogen and oxygen atoms in total. The lowest BCUT2D eigenvalue weighted by atomic mass is 10.1. The zero-order chi connectivity index (χ0) is 22.6. The molecule has 2 heterocycles. The van der Waals surface area contributed by atoms with Crippen LogP contribution in [0.2, 0.25) is 0 Å². The van der Waals surface area contributed by atoms with Crippen molar-refractivity contribution >= 4 is 44.4 Å². The van der Waals surface area contributed by atoms with Gasteiger partial charge < -0.3 is 10.1 Å². The van der Waals surface area contributed by atoms with Crippen LogP contribution in [0.5, 0.6) is 5.75 Å². The first kappa shape index (κ1) is 21.1. The van der Waals surface area contributed by atoms with Gasteiger partial charge >= 0.3 is 12.1 Å². The Labute approximate surface area is 176 Å². The number of benzene rings is 2. The molecule has 1 unspecified atom stereocenters. The number of amides is 1. The molecule has 1 amide bonds. The molecular formula is C17H11F3N4O5S2. The summed E-state index contributed by atoms with van der Waals surface area (Å²) < 4.78 is 66.0. The van der Waals surface area contributed by atoms with Crippen LogP contribution in [-0.2, 0) is 24.5 Å². The first-order chi connectivity index (χ1) is 14.4. The molecule has 0 saturated carbocycles. The van der Waals surface area contributed by atoms with Crippen molar-refractivity contribution in [3.8, 4) is 5.75 Å². The molecule has 2 aromatic carbocycles. The van der Waals surface area contributed by atoms with Gasteiger partial charge in [0.2, 0.25) is 14.9 Å². The second-order valence-corrected chi connectivity index (χ2v) is 9.14. The zero-order valence-corrected chi connectivity index (χ0v) is 16.7. The van der Waals surface area contributed by atoms with Crippen molar-refractivity contribution < 1.29 is 35.9 Å². The summed E-state index contributed by atoms with van der Waals surface area (Å²) in [6.45, 7) is 0. The summed E-state index contributed by atoms with van der Waals surface area (Å²) in [5.74, 6) is -4.26. The Balaban J connectivity index is 1.78. The highest BCUT2D eigenvalue weighted by Crippen LogP contribution is 2.50. The largest absolute Gasteiger partial charge is 0.491 e. The van der Waals surface area contributed by atoms with E-state index in [0.717, 1.165) is 23.9 Å². The number of hydrogen-bond acceptors (Lipinski definition) is 8.